The van der Waals surface area contributed by atoms with Gasteiger partial charge in [0.15, 0.2) is 0 Å². The van der Waals surface area contributed by atoms with Crippen LogP contribution >= 0.6 is 0 Å². The van der Waals surface area contributed by atoms with Gasteiger partial charge in [0.1, 0.15) is 18.5 Å². The third-order valence-electron chi connectivity index (χ3n) is 6.15. The molecular formula is C25H35N3O2. The number of nitrogens with zero attached hydrogens (tertiary/aromatic N) is 2. The zero-order valence-electron chi connectivity index (χ0n) is 17.9. The van der Waals surface area contributed by atoms with E-state index in [1.807, 2.05) is 12.1 Å². The van der Waals surface area contributed by atoms with E-state index in [9.17, 15) is 5.11 Å². The molecule has 2 aromatic rings. The topological polar surface area (TPSA) is 48.0 Å². The largest absolute Gasteiger partial charge is 0.491 e. The zero-order chi connectivity index (χ0) is 20.6. The Balaban J connectivity index is 1.17. The number of nitrogens with one attached hydrogen (secondary N) is 1. The van der Waals surface area contributed by atoms with E-state index in [2.05, 4.69) is 51.5 Å². The Morgan fingerprint density at radius 1 is 0.967 bits per heavy atom. The minimum absolute atomic E-state index is 0.323. The molecule has 2 N–H and O–H groups in total. The minimum atomic E-state index is -0.488. The summed E-state index contributed by atoms with van der Waals surface area (Å²) in [6.45, 7) is 8.36. The molecular weight excluding hydrogens is 374 g/mol. The Labute approximate surface area is 180 Å². The maximum atomic E-state index is 10.5. The molecule has 0 aromatic heterocycles. The number of benzene rings is 2. The smallest absolute Gasteiger partial charge is 0.119 e. The summed E-state index contributed by atoms with van der Waals surface area (Å²) >= 11 is 0. The molecule has 1 saturated heterocycles. The van der Waals surface area contributed by atoms with Crippen molar-refractivity contribution in [3.05, 3.63) is 65.2 Å². The van der Waals surface area contributed by atoms with Crippen molar-refractivity contribution < 1.29 is 9.84 Å². The fraction of sp³-hybridized carbons (Fsp3) is 0.520. The van der Waals surface area contributed by atoms with Gasteiger partial charge in [-0.15, -0.1) is 0 Å². The first-order valence-electron chi connectivity index (χ1n) is 11.4. The zero-order valence-corrected chi connectivity index (χ0v) is 17.9. The van der Waals surface area contributed by atoms with Crippen molar-refractivity contribution >= 4 is 0 Å². The number of ether oxygens (including phenoxy) is 1. The number of hydrogen-bond donors (Lipinski definition) is 2. The number of rotatable bonds is 10. The Kier molecular flexibility index (Phi) is 7.76. The SMILES string of the molecule is OC(COc1cccc(CNCCN2CCCC2)c1)CN1CCc2ccccc2C1. The van der Waals surface area contributed by atoms with Crippen LogP contribution in [0.1, 0.15) is 29.5 Å². The van der Waals surface area contributed by atoms with Gasteiger partial charge in [0, 0.05) is 39.3 Å². The van der Waals surface area contributed by atoms with Crippen LogP contribution in [0, 0.1) is 0 Å². The van der Waals surface area contributed by atoms with Gasteiger partial charge < -0.3 is 20.1 Å². The third-order valence-corrected chi connectivity index (χ3v) is 6.15. The first-order valence-corrected chi connectivity index (χ1v) is 11.4. The van der Waals surface area contributed by atoms with Crippen LogP contribution in [0.4, 0.5) is 0 Å². The van der Waals surface area contributed by atoms with Gasteiger partial charge in [0.2, 0.25) is 0 Å². The normalized spacial score (nSPS) is 18.3. The summed E-state index contributed by atoms with van der Waals surface area (Å²) in [5.41, 5.74) is 4.03. The van der Waals surface area contributed by atoms with Crippen LogP contribution < -0.4 is 10.1 Å². The van der Waals surface area contributed by atoms with E-state index in [4.69, 9.17) is 4.74 Å². The Morgan fingerprint density at radius 2 is 1.80 bits per heavy atom. The molecule has 1 unspecified atom stereocenters. The van der Waals surface area contributed by atoms with Crippen molar-refractivity contribution in [1.82, 2.24) is 15.1 Å². The van der Waals surface area contributed by atoms with Crippen molar-refractivity contribution in [3.8, 4) is 5.75 Å². The van der Waals surface area contributed by atoms with Crippen LogP contribution in [0.15, 0.2) is 48.5 Å². The first-order chi connectivity index (χ1) is 14.8. The molecule has 5 nitrogen and oxygen atoms in total. The lowest BCUT2D eigenvalue weighted by Crippen LogP contribution is -2.38. The fourth-order valence-corrected chi connectivity index (χ4v) is 4.47. The Hall–Kier alpha value is -1.92. The lowest BCUT2D eigenvalue weighted by atomic mass is 10.00. The second-order valence-corrected chi connectivity index (χ2v) is 8.59. The van der Waals surface area contributed by atoms with Crippen LogP contribution in [0.3, 0.4) is 0 Å². The lowest BCUT2D eigenvalue weighted by molar-refractivity contribution is 0.0637. The Bertz CT molecular complexity index is 791. The fourth-order valence-electron chi connectivity index (χ4n) is 4.47. The molecule has 1 atom stereocenters. The van der Waals surface area contributed by atoms with Crippen molar-refractivity contribution in [1.29, 1.82) is 0 Å². The van der Waals surface area contributed by atoms with Crippen molar-refractivity contribution in [2.45, 2.75) is 38.5 Å². The van der Waals surface area contributed by atoms with Gasteiger partial charge in [-0.2, -0.15) is 0 Å². The van der Waals surface area contributed by atoms with E-state index in [1.165, 1.54) is 42.6 Å². The summed E-state index contributed by atoms with van der Waals surface area (Å²) in [6, 6.07) is 16.8. The summed E-state index contributed by atoms with van der Waals surface area (Å²) in [4.78, 5) is 4.84. The molecule has 0 spiro atoms. The number of likely N-dealkylation sites (tertiary alicyclic amines) is 1. The van der Waals surface area contributed by atoms with Crippen LogP contribution in [-0.2, 0) is 19.5 Å². The average molecular weight is 410 g/mol. The molecule has 0 radical (unpaired) electrons. The van der Waals surface area contributed by atoms with Crippen molar-refractivity contribution in [2.24, 2.45) is 0 Å². The number of fused-ring (bicyclic) bond motifs is 1. The number of aliphatic hydroxyl groups excluding tert-OH is 1. The van der Waals surface area contributed by atoms with E-state index in [0.717, 1.165) is 44.9 Å². The number of aliphatic hydroxyl groups is 1. The second-order valence-electron chi connectivity index (χ2n) is 8.59. The molecule has 0 aliphatic carbocycles. The molecule has 2 heterocycles. The summed E-state index contributed by atoms with van der Waals surface area (Å²) in [7, 11) is 0. The van der Waals surface area contributed by atoms with Gasteiger partial charge in [-0.25, -0.2) is 0 Å². The molecule has 2 aromatic carbocycles. The van der Waals surface area contributed by atoms with E-state index < -0.39 is 6.10 Å². The van der Waals surface area contributed by atoms with E-state index in [1.54, 1.807) is 0 Å². The van der Waals surface area contributed by atoms with Crippen LogP contribution in [0.5, 0.6) is 5.75 Å². The number of β-amino-alcohol motifs (C(OH)–C–C–N with tert-alkyl or cyclic N) is 1. The summed E-state index contributed by atoms with van der Waals surface area (Å²) in [6.07, 6.45) is 3.25. The van der Waals surface area contributed by atoms with Crippen molar-refractivity contribution in [2.75, 3.05) is 45.9 Å². The molecule has 0 saturated carbocycles. The predicted octanol–water partition coefficient (Wildman–Crippen LogP) is 2.67. The first kappa shape index (κ1) is 21.3. The highest BCUT2D eigenvalue weighted by atomic mass is 16.5. The molecule has 0 bridgehead atoms. The lowest BCUT2D eigenvalue weighted by Gasteiger charge is -2.30. The van der Waals surface area contributed by atoms with Gasteiger partial charge in [0.05, 0.1) is 0 Å². The summed E-state index contributed by atoms with van der Waals surface area (Å²) in [5.74, 6) is 0.830. The molecule has 0 amide bonds. The van der Waals surface area contributed by atoms with Gasteiger partial charge in [-0.1, -0.05) is 36.4 Å². The average Bonchev–Trinajstić information content (AvgIpc) is 3.29. The van der Waals surface area contributed by atoms with Crippen LogP contribution in [0.25, 0.3) is 0 Å². The van der Waals surface area contributed by atoms with Crippen LogP contribution in [-0.4, -0.2) is 66.9 Å². The van der Waals surface area contributed by atoms with Crippen molar-refractivity contribution in [3.63, 3.8) is 0 Å². The van der Waals surface area contributed by atoms with E-state index in [-0.39, 0.29) is 0 Å². The molecule has 162 valence electrons. The van der Waals surface area contributed by atoms with E-state index in [0.29, 0.717) is 13.2 Å². The highest BCUT2D eigenvalue weighted by Crippen LogP contribution is 2.19. The van der Waals surface area contributed by atoms with Gasteiger partial charge in [0.25, 0.3) is 0 Å². The van der Waals surface area contributed by atoms with Gasteiger partial charge >= 0.3 is 0 Å². The standard InChI is InChI=1S/C25H35N3O2/c29-24(19-28-14-10-22-7-1-2-8-23(22)18-28)20-30-25-9-5-6-21(16-25)17-26-11-15-27-12-3-4-13-27/h1-2,5-9,16,24,26,29H,3-4,10-15,17-20H2. The molecule has 2 aliphatic rings. The van der Waals surface area contributed by atoms with Gasteiger partial charge in [-0.05, 0) is 61.2 Å². The predicted molar refractivity (Wildman–Crippen MR) is 121 cm³/mol. The minimum Gasteiger partial charge on any atom is -0.491 e. The highest BCUT2D eigenvalue weighted by Gasteiger charge is 2.18. The molecule has 1 fully saturated rings. The summed E-state index contributed by atoms with van der Waals surface area (Å²) < 4.78 is 5.89. The maximum Gasteiger partial charge on any atom is 0.119 e. The summed E-state index contributed by atoms with van der Waals surface area (Å²) in [5, 5.41) is 14.0. The highest BCUT2D eigenvalue weighted by molar-refractivity contribution is 5.29. The van der Waals surface area contributed by atoms with Gasteiger partial charge in [-0.3, -0.25) is 4.90 Å². The quantitative estimate of drug-likeness (QED) is 0.591. The monoisotopic (exact) mass is 409 g/mol. The maximum absolute atomic E-state index is 10.5. The Morgan fingerprint density at radius 3 is 2.67 bits per heavy atom. The second kappa shape index (κ2) is 10.9. The molecule has 5 heteroatoms. The van der Waals surface area contributed by atoms with E-state index >= 15 is 0 Å². The third kappa shape index (κ3) is 6.29. The molecule has 2 aliphatic heterocycles. The van der Waals surface area contributed by atoms with Crippen LogP contribution in [0.2, 0.25) is 0 Å². The number of hydrogen-bond acceptors (Lipinski definition) is 5. The molecule has 30 heavy (non-hydrogen) atoms. The molecule has 4 rings (SSSR count).